The van der Waals surface area contributed by atoms with Crippen LogP contribution in [0.4, 0.5) is 10.2 Å². The second kappa shape index (κ2) is 5.95. The highest BCUT2D eigenvalue weighted by Crippen LogP contribution is 2.35. The molecular weight excluding hydrogens is 417 g/mol. The fourth-order valence-corrected chi connectivity index (χ4v) is 3.00. The largest absolute Gasteiger partial charge is 0.505 e. The third kappa shape index (κ3) is 2.36. The van der Waals surface area contributed by atoms with Crippen LogP contribution in [0.3, 0.4) is 0 Å². The third-order valence-corrected chi connectivity index (χ3v) is 4.33. The Morgan fingerprint density at radius 2 is 1.96 bits per heavy atom. The highest BCUT2D eigenvalue weighted by atomic mass is 79.9. The van der Waals surface area contributed by atoms with Gasteiger partial charge in [-0.2, -0.15) is 0 Å². The van der Waals surface area contributed by atoms with E-state index < -0.39 is 46.3 Å². The van der Waals surface area contributed by atoms with Crippen LogP contribution in [0.1, 0.15) is 31.1 Å². The molecular formula is C15H9BrFN3O6. The summed E-state index contributed by atoms with van der Waals surface area (Å²) in [6, 6.07) is 1.84. The lowest BCUT2D eigenvalue weighted by Crippen LogP contribution is -2.24. The van der Waals surface area contributed by atoms with Crippen LogP contribution in [0.2, 0.25) is 0 Å². The van der Waals surface area contributed by atoms with E-state index in [4.69, 9.17) is 5.73 Å². The fraction of sp³-hybridized carbons (Fsp3) is 0.0667. The molecule has 2 heterocycles. The summed E-state index contributed by atoms with van der Waals surface area (Å²) in [7, 11) is 0.980. The number of carbonyl (C=O) groups excluding carboxylic acids is 3. The summed E-state index contributed by atoms with van der Waals surface area (Å²) < 4.78 is 19.0. The molecule has 3 rings (SSSR count). The lowest BCUT2D eigenvalue weighted by atomic mass is 10.1. The van der Waals surface area contributed by atoms with E-state index in [1.54, 1.807) is 0 Å². The standard InChI is InChI=1S/C15H9BrFN3O6/c1-26-15(25)9-10(17)5(16)3-6(11(9)22)20-7(21)2-4-8(12(20)18)14(24)19-13(4)23/h2-3,22H,18H2,1H3,(H,19,23,24). The number of hydrogen-bond acceptors (Lipinski definition) is 7. The van der Waals surface area contributed by atoms with Crippen molar-refractivity contribution in [3.8, 4) is 11.4 Å². The first kappa shape index (κ1) is 17.6. The van der Waals surface area contributed by atoms with Crippen LogP contribution < -0.4 is 16.6 Å². The van der Waals surface area contributed by atoms with Gasteiger partial charge in [0.2, 0.25) is 0 Å². The molecule has 1 aromatic carbocycles. The number of rotatable bonds is 2. The van der Waals surface area contributed by atoms with E-state index in [0.717, 1.165) is 19.2 Å². The highest BCUT2D eigenvalue weighted by molar-refractivity contribution is 9.10. The SMILES string of the molecule is COC(=O)c1c(O)c(-n2c(N)c3c(cc2=O)C(=O)NC3=O)cc(Br)c1F. The molecule has 0 atom stereocenters. The van der Waals surface area contributed by atoms with Gasteiger partial charge in [-0.1, -0.05) is 0 Å². The summed E-state index contributed by atoms with van der Waals surface area (Å²) in [5.41, 5.74) is 3.27. The number of esters is 1. The Labute approximate surface area is 152 Å². The van der Waals surface area contributed by atoms with Crippen LogP contribution in [-0.4, -0.2) is 34.6 Å². The topological polar surface area (TPSA) is 141 Å². The van der Waals surface area contributed by atoms with E-state index in [1.165, 1.54) is 0 Å². The molecule has 1 aliphatic rings. The lowest BCUT2D eigenvalue weighted by molar-refractivity contribution is 0.0591. The van der Waals surface area contributed by atoms with Crippen LogP contribution in [0, 0.1) is 5.82 Å². The number of nitrogens with two attached hydrogens (primary N) is 1. The molecule has 0 saturated carbocycles. The lowest BCUT2D eigenvalue weighted by Gasteiger charge is -2.16. The Hall–Kier alpha value is -3.21. The first-order valence-electron chi connectivity index (χ1n) is 6.89. The van der Waals surface area contributed by atoms with Gasteiger partial charge in [-0.25, -0.2) is 9.18 Å². The van der Waals surface area contributed by atoms with Crippen LogP contribution >= 0.6 is 15.9 Å². The minimum Gasteiger partial charge on any atom is -0.505 e. The number of hydrogen-bond donors (Lipinski definition) is 3. The van der Waals surface area contributed by atoms with Crippen molar-refractivity contribution in [3.05, 3.63) is 49.5 Å². The second-order valence-electron chi connectivity index (χ2n) is 5.18. The fourth-order valence-electron chi connectivity index (χ4n) is 2.59. The number of imide groups is 1. The van der Waals surface area contributed by atoms with E-state index in [1.807, 2.05) is 5.32 Å². The van der Waals surface area contributed by atoms with Gasteiger partial charge in [0.1, 0.15) is 11.4 Å². The molecule has 2 amide bonds. The van der Waals surface area contributed by atoms with Crippen molar-refractivity contribution in [2.75, 3.05) is 12.8 Å². The Balaban J connectivity index is 2.40. The number of nitrogen functional groups attached to an aromatic ring is 1. The Morgan fingerprint density at radius 1 is 1.31 bits per heavy atom. The van der Waals surface area contributed by atoms with Crippen LogP contribution in [0.15, 0.2) is 21.4 Å². The molecule has 0 spiro atoms. The molecule has 11 heteroatoms. The van der Waals surface area contributed by atoms with Crippen molar-refractivity contribution in [2.45, 2.75) is 0 Å². The quantitative estimate of drug-likeness (QED) is 0.474. The Morgan fingerprint density at radius 3 is 2.58 bits per heavy atom. The number of amides is 2. The van der Waals surface area contributed by atoms with Crippen LogP contribution in [0.25, 0.3) is 5.69 Å². The van der Waals surface area contributed by atoms with Gasteiger partial charge >= 0.3 is 5.97 Å². The number of nitrogens with zero attached hydrogens (tertiary/aromatic N) is 1. The van der Waals surface area contributed by atoms with Crippen molar-refractivity contribution in [2.24, 2.45) is 0 Å². The number of aromatic nitrogens is 1. The molecule has 2 aromatic rings. The van der Waals surface area contributed by atoms with Crippen LogP contribution in [0.5, 0.6) is 5.75 Å². The summed E-state index contributed by atoms with van der Waals surface area (Å²) in [5, 5.41) is 12.3. The monoisotopic (exact) mass is 425 g/mol. The predicted molar refractivity (Wildman–Crippen MR) is 88.9 cm³/mol. The zero-order chi connectivity index (χ0) is 19.3. The molecule has 0 saturated heterocycles. The average molecular weight is 426 g/mol. The normalized spacial score (nSPS) is 12.7. The van der Waals surface area contributed by atoms with Gasteiger partial charge in [0.25, 0.3) is 17.4 Å². The second-order valence-corrected chi connectivity index (χ2v) is 6.04. The van der Waals surface area contributed by atoms with Crippen molar-refractivity contribution >= 4 is 39.5 Å². The van der Waals surface area contributed by atoms with E-state index in [9.17, 15) is 28.7 Å². The summed E-state index contributed by atoms with van der Waals surface area (Å²) in [6.45, 7) is 0. The number of carbonyl (C=O) groups is 3. The van der Waals surface area contributed by atoms with Crippen LogP contribution in [-0.2, 0) is 4.74 Å². The first-order valence-corrected chi connectivity index (χ1v) is 7.69. The maximum absolute atomic E-state index is 14.2. The molecule has 1 aromatic heterocycles. The van der Waals surface area contributed by atoms with E-state index >= 15 is 0 Å². The number of benzene rings is 1. The van der Waals surface area contributed by atoms with E-state index in [0.29, 0.717) is 4.57 Å². The number of nitrogens with one attached hydrogen (secondary N) is 1. The molecule has 0 unspecified atom stereocenters. The average Bonchev–Trinajstić information content (AvgIpc) is 2.86. The number of pyridine rings is 1. The predicted octanol–water partition coefficient (Wildman–Crippen LogP) is 0.697. The zero-order valence-electron chi connectivity index (χ0n) is 12.9. The van der Waals surface area contributed by atoms with Crippen molar-refractivity contribution < 1.29 is 28.6 Å². The smallest absolute Gasteiger partial charge is 0.344 e. The molecule has 4 N–H and O–H groups in total. The summed E-state index contributed by atoms with van der Waals surface area (Å²) in [4.78, 5) is 47.7. The number of halogens is 2. The Bertz CT molecular complexity index is 1080. The van der Waals surface area contributed by atoms with Gasteiger partial charge in [0.15, 0.2) is 11.6 Å². The minimum absolute atomic E-state index is 0.220. The van der Waals surface area contributed by atoms with Gasteiger partial charge in [0.05, 0.1) is 28.4 Å². The summed E-state index contributed by atoms with van der Waals surface area (Å²) >= 11 is 2.88. The molecule has 0 fully saturated rings. The van der Waals surface area contributed by atoms with Gasteiger partial charge in [-0.15, -0.1) is 0 Å². The molecule has 0 aliphatic carbocycles. The first-order chi connectivity index (χ1) is 12.2. The van der Waals surface area contributed by atoms with Crippen molar-refractivity contribution in [1.82, 2.24) is 9.88 Å². The molecule has 134 valence electrons. The molecule has 0 bridgehead atoms. The number of aromatic hydroxyl groups is 1. The molecule has 26 heavy (non-hydrogen) atoms. The molecule has 0 radical (unpaired) electrons. The maximum atomic E-state index is 14.2. The van der Waals surface area contributed by atoms with E-state index in [-0.39, 0.29) is 21.3 Å². The van der Waals surface area contributed by atoms with E-state index in [2.05, 4.69) is 20.7 Å². The van der Waals surface area contributed by atoms with Crippen molar-refractivity contribution in [1.29, 1.82) is 0 Å². The van der Waals surface area contributed by atoms with Gasteiger partial charge < -0.3 is 15.6 Å². The zero-order valence-corrected chi connectivity index (χ0v) is 14.5. The molecule has 9 nitrogen and oxygen atoms in total. The summed E-state index contributed by atoms with van der Waals surface area (Å²) in [6.07, 6.45) is 0. The number of fused-ring (bicyclic) bond motifs is 1. The minimum atomic E-state index is -1.19. The van der Waals surface area contributed by atoms with Gasteiger partial charge in [-0.05, 0) is 22.0 Å². The van der Waals surface area contributed by atoms with Crippen molar-refractivity contribution in [3.63, 3.8) is 0 Å². The highest BCUT2D eigenvalue weighted by Gasteiger charge is 2.33. The number of ether oxygens (including phenoxy) is 1. The van der Waals surface area contributed by atoms with Gasteiger partial charge in [-0.3, -0.25) is 24.3 Å². The maximum Gasteiger partial charge on any atom is 0.344 e. The number of phenolic OH excluding ortho intramolecular Hbond substituents is 1. The number of anilines is 1. The van der Waals surface area contributed by atoms with Gasteiger partial charge in [0, 0.05) is 6.07 Å². The number of methoxy groups -OCH3 is 1. The summed E-state index contributed by atoms with van der Waals surface area (Å²) in [5.74, 6) is -5.30. The number of phenols is 1. The third-order valence-electron chi connectivity index (χ3n) is 3.76. The molecule has 1 aliphatic heterocycles. The Kier molecular flexibility index (Phi) is 4.03.